The van der Waals surface area contributed by atoms with Gasteiger partial charge in [-0.05, 0) is 104 Å². The minimum Gasteiger partial charge on any atom is -0.516 e. The molecule has 3 fully saturated rings. The zero-order chi connectivity index (χ0) is 22.3. The van der Waals surface area contributed by atoms with E-state index >= 15 is 0 Å². The Morgan fingerprint density at radius 3 is 2.23 bits per heavy atom. The number of aliphatic hydroxyl groups excluding tert-OH is 1. The standard InChI is InChI=1S/C27H43NO2/c1-23(11-9-19-30)13-17-27(5)22-20-25(3,28)15-12-24(22,2)14-16-26(27,4)21(23)10-7-6-8-18-29/h6-9,11,18-19,21-22,29H,10,12-17,20,28H2,1-5H3/b7-6+,11-9+,18-8+/t21?,22-,23-,24-,25-,26-,27+/m1/s1. The summed E-state index contributed by atoms with van der Waals surface area (Å²) in [5, 5.41) is 9.01. The maximum atomic E-state index is 11.2. The fraction of sp³-hybridized carbons (Fsp3) is 0.741. The number of hydrogen-bond donors (Lipinski definition) is 2. The summed E-state index contributed by atoms with van der Waals surface area (Å²) in [6, 6.07) is 0. The zero-order valence-electron chi connectivity index (χ0n) is 19.8. The molecule has 0 aromatic carbocycles. The minimum absolute atomic E-state index is 0.00311. The lowest BCUT2D eigenvalue weighted by Gasteiger charge is -2.71. The third-order valence-corrected chi connectivity index (χ3v) is 10.1. The molecule has 0 saturated heterocycles. The molecule has 0 amide bonds. The molecule has 0 radical (unpaired) electrons. The highest BCUT2D eigenvalue weighted by molar-refractivity contribution is 5.64. The smallest absolute Gasteiger partial charge is 0.142 e. The van der Waals surface area contributed by atoms with Crippen LogP contribution in [0.4, 0.5) is 0 Å². The lowest BCUT2D eigenvalue weighted by atomic mass is 9.34. The maximum Gasteiger partial charge on any atom is 0.142 e. The monoisotopic (exact) mass is 413 g/mol. The fourth-order valence-corrected chi connectivity index (χ4v) is 7.88. The van der Waals surface area contributed by atoms with Crippen molar-refractivity contribution >= 4 is 6.29 Å². The molecule has 0 aliphatic heterocycles. The number of hydrogen-bond acceptors (Lipinski definition) is 3. The van der Waals surface area contributed by atoms with E-state index in [1.807, 2.05) is 6.08 Å². The average Bonchev–Trinajstić information content (AvgIpc) is 2.69. The highest BCUT2D eigenvalue weighted by Gasteiger charge is 2.66. The largest absolute Gasteiger partial charge is 0.516 e. The number of nitrogens with two attached hydrogens (primary N) is 1. The minimum atomic E-state index is -0.0646. The molecule has 1 unspecified atom stereocenters. The van der Waals surface area contributed by atoms with E-state index in [0.717, 1.165) is 38.2 Å². The third-order valence-electron chi connectivity index (χ3n) is 10.1. The van der Waals surface area contributed by atoms with Crippen LogP contribution >= 0.6 is 0 Å². The number of allylic oxidation sites excluding steroid dienone is 5. The van der Waals surface area contributed by atoms with Crippen molar-refractivity contribution < 1.29 is 9.90 Å². The molecule has 0 heterocycles. The molecular formula is C27H43NO2. The van der Waals surface area contributed by atoms with E-state index < -0.39 is 0 Å². The van der Waals surface area contributed by atoms with Gasteiger partial charge >= 0.3 is 0 Å². The van der Waals surface area contributed by atoms with Crippen molar-refractivity contribution in [2.75, 3.05) is 0 Å². The van der Waals surface area contributed by atoms with Gasteiger partial charge in [-0.25, -0.2) is 0 Å². The first-order valence-electron chi connectivity index (χ1n) is 11.8. The topological polar surface area (TPSA) is 63.3 Å². The zero-order valence-corrected chi connectivity index (χ0v) is 19.8. The molecule has 3 rings (SSSR count). The van der Waals surface area contributed by atoms with Crippen molar-refractivity contribution in [2.45, 2.75) is 91.5 Å². The molecule has 168 valence electrons. The summed E-state index contributed by atoms with van der Waals surface area (Å²) in [5.74, 6) is 1.08. The first-order valence-corrected chi connectivity index (χ1v) is 11.8. The van der Waals surface area contributed by atoms with Crippen LogP contribution in [-0.2, 0) is 4.79 Å². The van der Waals surface area contributed by atoms with Crippen molar-refractivity contribution in [3.05, 3.63) is 36.6 Å². The molecule has 3 aliphatic carbocycles. The lowest BCUT2D eigenvalue weighted by Crippen LogP contribution is -2.65. The molecule has 0 aromatic rings. The summed E-state index contributed by atoms with van der Waals surface area (Å²) in [6.45, 7) is 12.2. The van der Waals surface area contributed by atoms with Crippen LogP contribution in [-0.4, -0.2) is 16.9 Å². The summed E-state index contributed by atoms with van der Waals surface area (Å²) < 4.78 is 0. The second-order valence-electron chi connectivity index (χ2n) is 12.0. The Morgan fingerprint density at radius 1 is 0.900 bits per heavy atom. The molecular weight excluding hydrogens is 370 g/mol. The first-order chi connectivity index (χ1) is 14.0. The number of carbonyl (C=O) groups excluding carboxylic acids is 1. The summed E-state index contributed by atoms with van der Waals surface area (Å²) in [6.07, 6.45) is 21.0. The van der Waals surface area contributed by atoms with Crippen LogP contribution in [0, 0.1) is 33.5 Å². The van der Waals surface area contributed by atoms with Crippen LogP contribution < -0.4 is 5.73 Å². The van der Waals surface area contributed by atoms with E-state index in [0.29, 0.717) is 17.3 Å². The fourth-order valence-electron chi connectivity index (χ4n) is 7.88. The average molecular weight is 414 g/mol. The van der Waals surface area contributed by atoms with Gasteiger partial charge in [0.15, 0.2) is 0 Å². The van der Waals surface area contributed by atoms with Gasteiger partial charge in [0.05, 0.1) is 6.26 Å². The Morgan fingerprint density at radius 2 is 1.57 bits per heavy atom. The third kappa shape index (κ3) is 3.72. The first kappa shape index (κ1) is 23.3. The van der Waals surface area contributed by atoms with Gasteiger partial charge in [0.2, 0.25) is 0 Å². The summed E-state index contributed by atoms with van der Waals surface area (Å²) in [4.78, 5) is 11.2. The molecule has 3 saturated carbocycles. The summed E-state index contributed by atoms with van der Waals surface area (Å²) in [5.41, 5.74) is 7.48. The number of aldehydes is 1. The van der Waals surface area contributed by atoms with Crippen molar-refractivity contribution in [3.8, 4) is 0 Å². The van der Waals surface area contributed by atoms with E-state index in [1.165, 1.54) is 25.7 Å². The van der Waals surface area contributed by atoms with Gasteiger partial charge in [-0.3, -0.25) is 4.79 Å². The molecule has 7 atom stereocenters. The Kier molecular flexibility index (Phi) is 6.19. The van der Waals surface area contributed by atoms with E-state index in [2.05, 4.69) is 46.8 Å². The Balaban J connectivity index is 2.05. The Hall–Kier alpha value is -1.35. The number of fused-ring (bicyclic) bond motifs is 3. The molecule has 0 aromatic heterocycles. The van der Waals surface area contributed by atoms with E-state index in [9.17, 15) is 4.79 Å². The van der Waals surface area contributed by atoms with Crippen molar-refractivity contribution in [1.29, 1.82) is 0 Å². The highest BCUT2D eigenvalue weighted by atomic mass is 16.2. The molecule has 3 heteroatoms. The van der Waals surface area contributed by atoms with Crippen LogP contribution in [0.3, 0.4) is 0 Å². The van der Waals surface area contributed by atoms with Crippen LogP contribution in [0.25, 0.3) is 0 Å². The van der Waals surface area contributed by atoms with Crippen molar-refractivity contribution in [3.63, 3.8) is 0 Å². The van der Waals surface area contributed by atoms with Gasteiger partial charge in [-0.15, -0.1) is 0 Å². The van der Waals surface area contributed by atoms with E-state index in [4.69, 9.17) is 10.8 Å². The Bertz CT molecular complexity index is 737. The second-order valence-corrected chi connectivity index (χ2v) is 12.0. The maximum absolute atomic E-state index is 11.2. The predicted octanol–water partition coefficient (Wildman–Crippen LogP) is 6.51. The van der Waals surface area contributed by atoms with Crippen molar-refractivity contribution in [1.82, 2.24) is 0 Å². The van der Waals surface area contributed by atoms with Gasteiger partial charge in [0, 0.05) is 5.54 Å². The SMILES string of the molecule is C[C@@]1(N)CC[C@]2(C)CC[C@]3(C)C(C/C=C/C=C/O)[C@](C)(/C=C/C=O)CC[C@@]3(C)[C@@H]2C1. The summed E-state index contributed by atoms with van der Waals surface area (Å²) >= 11 is 0. The van der Waals surface area contributed by atoms with E-state index in [-0.39, 0.29) is 21.8 Å². The molecule has 0 spiro atoms. The van der Waals surface area contributed by atoms with Gasteiger partial charge < -0.3 is 10.8 Å². The van der Waals surface area contributed by atoms with Crippen LogP contribution in [0.1, 0.15) is 86.0 Å². The normalized spacial score (nSPS) is 49.4. The lowest BCUT2D eigenvalue weighted by molar-refractivity contribution is -0.206. The van der Waals surface area contributed by atoms with Gasteiger partial charge in [-0.1, -0.05) is 45.9 Å². The highest BCUT2D eigenvalue weighted by Crippen LogP contribution is 2.73. The molecule has 3 nitrogen and oxygen atoms in total. The second kappa shape index (κ2) is 7.97. The quantitative estimate of drug-likeness (QED) is 0.234. The number of carbonyl (C=O) groups is 1. The molecule has 3 aliphatic rings. The van der Waals surface area contributed by atoms with Crippen LogP contribution in [0.2, 0.25) is 0 Å². The molecule has 30 heavy (non-hydrogen) atoms. The Labute approximate surface area is 183 Å². The van der Waals surface area contributed by atoms with Gasteiger partial charge in [0.1, 0.15) is 6.29 Å². The summed E-state index contributed by atoms with van der Waals surface area (Å²) in [7, 11) is 0. The van der Waals surface area contributed by atoms with Crippen molar-refractivity contribution in [2.24, 2.45) is 39.2 Å². The van der Waals surface area contributed by atoms with Gasteiger partial charge in [0.25, 0.3) is 0 Å². The van der Waals surface area contributed by atoms with E-state index in [1.54, 1.807) is 12.2 Å². The predicted molar refractivity (Wildman–Crippen MR) is 125 cm³/mol. The van der Waals surface area contributed by atoms with Crippen LogP contribution in [0.5, 0.6) is 0 Å². The number of rotatable bonds is 5. The van der Waals surface area contributed by atoms with Crippen LogP contribution in [0.15, 0.2) is 36.6 Å². The molecule has 3 N–H and O–H groups in total. The van der Waals surface area contributed by atoms with Gasteiger partial charge in [-0.2, -0.15) is 0 Å². The molecule has 0 bridgehead atoms. The number of aliphatic hydroxyl groups is 1.